The highest BCUT2D eigenvalue weighted by molar-refractivity contribution is 6.09. The first-order chi connectivity index (χ1) is 14.8. The van der Waals surface area contributed by atoms with Crippen molar-refractivity contribution in [3.63, 3.8) is 0 Å². The van der Waals surface area contributed by atoms with E-state index in [-0.39, 0.29) is 11.5 Å². The predicted octanol–water partition coefficient (Wildman–Crippen LogP) is 1.36. The Morgan fingerprint density at radius 2 is 1.90 bits per heavy atom. The minimum Gasteiger partial charge on any atom is -0.493 e. The molecule has 0 aromatic heterocycles. The molecule has 1 heterocycles. The van der Waals surface area contributed by atoms with E-state index in [2.05, 4.69) is 23.1 Å². The van der Waals surface area contributed by atoms with Gasteiger partial charge in [-0.25, -0.2) is 4.79 Å². The lowest BCUT2D eigenvalue weighted by molar-refractivity contribution is -0.136. The molecule has 3 N–H and O–H groups in total. The number of hydrazine groups is 1. The first-order valence-corrected chi connectivity index (χ1v) is 10.3. The smallest absolute Gasteiger partial charge is 0.325 e. The van der Waals surface area contributed by atoms with Crippen LogP contribution in [0.5, 0.6) is 11.5 Å². The summed E-state index contributed by atoms with van der Waals surface area (Å²) in [6, 6.07) is 4.02. The van der Waals surface area contributed by atoms with Crippen LogP contribution in [0.25, 0.3) is 0 Å². The van der Waals surface area contributed by atoms with Crippen molar-refractivity contribution < 1.29 is 28.7 Å². The second kappa shape index (κ2) is 9.23. The Kier molecular flexibility index (Phi) is 6.67. The number of urea groups is 1. The van der Waals surface area contributed by atoms with E-state index in [1.165, 1.54) is 19.2 Å². The molecule has 168 valence electrons. The molecule has 2 fully saturated rings. The van der Waals surface area contributed by atoms with Gasteiger partial charge in [0, 0.05) is 5.56 Å². The SMILES string of the molecule is CCOc1ccc(C(=O)NNC(=O)CN2C(=O)NC3(CCC(C)CC3)C2=O)cc1OC. The second-order valence-corrected chi connectivity index (χ2v) is 7.89. The third-order valence-corrected chi connectivity index (χ3v) is 5.72. The summed E-state index contributed by atoms with van der Waals surface area (Å²) in [6.45, 7) is 3.91. The molecule has 0 atom stereocenters. The van der Waals surface area contributed by atoms with Crippen LogP contribution in [-0.2, 0) is 9.59 Å². The summed E-state index contributed by atoms with van der Waals surface area (Å²) in [5.74, 6) is -0.269. The number of benzene rings is 1. The zero-order valence-electron chi connectivity index (χ0n) is 17.9. The maximum Gasteiger partial charge on any atom is 0.325 e. The van der Waals surface area contributed by atoms with Gasteiger partial charge in [-0.15, -0.1) is 0 Å². The Hall–Kier alpha value is -3.30. The first kappa shape index (κ1) is 22.4. The summed E-state index contributed by atoms with van der Waals surface area (Å²) in [5, 5.41) is 2.76. The highest BCUT2D eigenvalue weighted by atomic mass is 16.5. The maximum absolute atomic E-state index is 12.8. The number of methoxy groups -OCH3 is 1. The third kappa shape index (κ3) is 4.73. The summed E-state index contributed by atoms with van der Waals surface area (Å²) in [5.41, 5.74) is 3.85. The van der Waals surface area contributed by atoms with E-state index in [1.54, 1.807) is 6.07 Å². The van der Waals surface area contributed by atoms with Gasteiger partial charge in [-0.05, 0) is 56.7 Å². The van der Waals surface area contributed by atoms with Crippen LogP contribution in [0.2, 0.25) is 0 Å². The molecule has 0 bridgehead atoms. The fourth-order valence-corrected chi connectivity index (χ4v) is 3.88. The molecule has 1 aromatic rings. The number of hydrogen-bond donors (Lipinski definition) is 3. The van der Waals surface area contributed by atoms with Crippen LogP contribution < -0.4 is 25.6 Å². The van der Waals surface area contributed by atoms with E-state index in [0.29, 0.717) is 36.9 Å². The minimum absolute atomic E-state index is 0.242. The van der Waals surface area contributed by atoms with E-state index in [1.807, 2.05) is 6.92 Å². The van der Waals surface area contributed by atoms with Gasteiger partial charge in [0.1, 0.15) is 12.1 Å². The van der Waals surface area contributed by atoms with Crippen LogP contribution in [-0.4, -0.2) is 54.5 Å². The number of nitrogens with one attached hydrogen (secondary N) is 3. The lowest BCUT2D eigenvalue weighted by atomic mass is 9.77. The number of carbonyl (C=O) groups is 4. The van der Waals surface area contributed by atoms with Crippen molar-refractivity contribution in [2.45, 2.75) is 45.1 Å². The summed E-state index contributed by atoms with van der Waals surface area (Å²) in [4.78, 5) is 50.6. The van der Waals surface area contributed by atoms with Crippen LogP contribution in [0.4, 0.5) is 4.79 Å². The monoisotopic (exact) mass is 432 g/mol. The van der Waals surface area contributed by atoms with Gasteiger partial charge >= 0.3 is 6.03 Å². The highest BCUT2D eigenvalue weighted by Gasteiger charge is 2.52. The van der Waals surface area contributed by atoms with Gasteiger partial charge in [-0.2, -0.15) is 0 Å². The number of imide groups is 1. The molecule has 0 radical (unpaired) electrons. The number of carbonyl (C=O) groups excluding carboxylic acids is 4. The molecule has 10 heteroatoms. The van der Waals surface area contributed by atoms with Gasteiger partial charge in [0.15, 0.2) is 11.5 Å². The zero-order chi connectivity index (χ0) is 22.6. The van der Waals surface area contributed by atoms with Crippen molar-refractivity contribution in [3.05, 3.63) is 23.8 Å². The van der Waals surface area contributed by atoms with E-state index in [9.17, 15) is 19.2 Å². The molecule has 31 heavy (non-hydrogen) atoms. The average Bonchev–Trinajstić information content (AvgIpc) is 2.98. The van der Waals surface area contributed by atoms with Crippen LogP contribution in [0.15, 0.2) is 18.2 Å². The third-order valence-electron chi connectivity index (χ3n) is 5.72. The highest BCUT2D eigenvalue weighted by Crippen LogP contribution is 2.36. The number of ether oxygens (including phenoxy) is 2. The van der Waals surface area contributed by atoms with Crippen molar-refractivity contribution in [3.8, 4) is 11.5 Å². The van der Waals surface area contributed by atoms with Gasteiger partial charge in [0.25, 0.3) is 17.7 Å². The molecule has 1 aliphatic heterocycles. The summed E-state index contributed by atoms with van der Waals surface area (Å²) in [6.07, 6.45) is 2.81. The van der Waals surface area contributed by atoms with Crippen molar-refractivity contribution >= 4 is 23.8 Å². The Labute approximate surface area is 180 Å². The van der Waals surface area contributed by atoms with Crippen LogP contribution in [0, 0.1) is 5.92 Å². The Morgan fingerprint density at radius 3 is 2.55 bits per heavy atom. The molecule has 1 saturated carbocycles. The number of rotatable bonds is 6. The lowest BCUT2D eigenvalue weighted by Crippen LogP contribution is -2.50. The van der Waals surface area contributed by atoms with Gasteiger partial charge in [-0.3, -0.25) is 30.1 Å². The van der Waals surface area contributed by atoms with Gasteiger partial charge < -0.3 is 14.8 Å². The quantitative estimate of drug-likeness (QED) is 0.460. The lowest BCUT2D eigenvalue weighted by Gasteiger charge is -2.33. The standard InChI is InChI=1S/C21H28N4O6/c1-4-31-15-6-5-14(11-16(15)30-3)18(27)24-23-17(26)12-25-19(28)21(22-20(25)29)9-7-13(2)8-10-21/h5-6,11,13H,4,7-10,12H2,1-3H3,(H,22,29)(H,23,26)(H,24,27). The topological polar surface area (TPSA) is 126 Å². The Morgan fingerprint density at radius 1 is 1.19 bits per heavy atom. The van der Waals surface area contributed by atoms with Crippen molar-refractivity contribution in [1.29, 1.82) is 0 Å². The molecular weight excluding hydrogens is 404 g/mol. The number of amides is 5. The molecule has 5 amide bonds. The van der Waals surface area contributed by atoms with E-state index in [4.69, 9.17) is 9.47 Å². The fourth-order valence-electron chi connectivity index (χ4n) is 3.88. The normalized spacial score (nSPS) is 22.8. The molecule has 10 nitrogen and oxygen atoms in total. The summed E-state index contributed by atoms with van der Waals surface area (Å²) in [7, 11) is 1.46. The minimum atomic E-state index is -0.911. The second-order valence-electron chi connectivity index (χ2n) is 7.89. The molecule has 3 rings (SSSR count). The molecule has 2 aliphatic rings. The number of nitrogens with zero attached hydrogens (tertiary/aromatic N) is 1. The molecular formula is C21H28N4O6. The molecule has 1 aromatic carbocycles. The van der Waals surface area contributed by atoms with E-state index >= 15 is 0 Å². The molecule has 1 saturated heterocycles. The Balaban J connectivity index is 1.56. The van der Waals surface area contributed by atoms with Gasteiger partial charge in [-0.1, -0.05) is 6.92 Å². The number of hydrogen-bond acceptors (Lipinski definition) is 6. The van der Waals surface area contributed by atoms with Crippen molar-refractivity contribution in [1.82, 2.24) is 21.1 Å². The van der Waals surface area contributed by atoms with Crippen LogP contribution in [0.3, 0.4) is 0 Å². The van der Waals surface area contributed by atoms with Crippen molar-refractivity contribution in [2.75, 3.05) is 20.3 Å². The summed E-state index contributed by atoms with van der Waals surface area (Å²) < 4.78 is 10.6. The molecule has 1 aliphatic carbocycles. The first-order valence-electron chi connectivity index (χ1n) is 10.3. The van der Waals surface area contributed by atoms with Gasteiger partial charge in [0.05, 0.1) is 13.7 Å². The van der Waals surface area contributed by atoms with E-state index < -0.39 is 29.9 Å². The maximum atomic E-state index is 12.8. The average molecular weight is 432 g/mol. The predicted molar refractivity (Wildman–Crippen MR) is 110 cm³/mol. The zero-order valence-corrected chi connectivity index (χ0v) is 17.9. The van der Waals surface area contributed by atoms with Gasteiger partial charge in [0.2, 0.25) is 0 Å². The summed E-state index contributed by atoms with van der Waals surface area (Å²) >= 11 is 0. The largest absolute Gasteiger partial charge is 0.493 e. The Bertz CT molecular complexity index is 879. The molecule has 1 spiro atoms. The van der Waals surface area contributed by atoms with Crippen LogP contribution >= 0.6 is 0 Å². The molecule has 0 unspecified atom stereocenters. The van der Waals surface area contributed by atoms with E-state index in [0.717, 1.165) is 17.7 Å². The van der Waals surface area contributed by atoms with Crippen molar-refractivity contribution in [2.24, 2.45) is 5.92 Å². The van der Waals surface area contributed by atoms with Crippen LogP contribution in [0.1, 0.15) is 49.9 Å². The fraction of sp³-hybridized carbons (Fsp3) is 0.524.